The molecule has 0 amide bonds. The summed E-state index contributed by atoms with van der Waals surface area (Å²) in [6.45, 7) is 5.08. The van der Waals surface area contributed by atoms with E-state index in [4.69, 9.17) is 4.98 Å². The van der Waals surface area contributed by atoms with E-state index in [0.29, 0.717) is 17.0 Å². The van der Waals surface area contributed by atoms with Crippen LogP contribution in [0.3, 0.4) is 0 Å². The van der Waals surface area contributed by atoms with Gasteiger partial charge in [0.05, 0.1) is 11.1 Å². The third kappa shape index (κ3) is 4.66. The molecule has 5 rings (SSSR count). The summed E-state index contributed by atoms with van der Waals surface area (Å²) in [7, 11) is 0. The Labute approximate surface area is 203 Å². The summed E-state index contributed by atoms with van der Waals surface area (Å²) in [5.74, 6) is 2.14. The molecule has 0 radical (unpaired) electrons. The van der Waals surface area contributed by atoms with Crippen LogP contribution in [0.25, 0.3) is 20.7 Å². The molecule has 1 aromatic carbocycles. The lowest BCUT2D eigenvalue weighted by Gasteiger charge is -2.09. The molecule has 0 aliphatic rings. The molecule has 6 nitrogen and oxygen atoms in total. The summed E-state index contributed by atoms with van der Waals surface area (Å²) in [4.78, 5) is 23.8. The van der Waals surface area contributed by atoms with Crippen molar-refractivity contribution in [1.29, 1.82) is 0 Å². The minimum atomic E-state index is -0.0855. The van der Waals surface area contributed by atoms with Crippen LogP contribution in [0.5, 0.6) is 0 Å². The van der Waals surface area contributed by atoms with Crippen molar-refractivity contribution in [3.8, 4) is 10.4 Å². The molecule has 9 heteroatoms. The van der Waals surface area contributed by atoms with Crippen LogP contribution >= 0.6 is 34.4 Å². The molecule has 0 saturated carbocycles. The maximum atomic E-state index is 12.9. The average Bonchev–Trinajstić information content (AvgIpc) is 3.53. The second kappa shape index (κ2) is 9.62. The van der Waals surface area contributed by atoms with Crippen LogP contribution in [0.4, 0.5) is 0 Å². The lowest BCUT2D eigenvalue weighted by Crippen LogP contribution is -2.11. The number of fused-ring (bicyclic) bond motifs is 1. The molecule has 0 aliphatic carbocycles. The Morgan fingerprint density at radius 1 is 1.12 bits per heavy atom. The Morgan fingerprint density at radius 3 is 2.73 bits per heavy atom. The Balaban J connectivity index is 1.38. The fourth-order valence-corrected chi connectivity index (χ4v) is 6.51. The standard InChI is InChI=1S/C24H23N5OS3/c1-3-11-29-20(12-16-7-5-4-6-8-16)27-28-24(29)32-14-19-25-22(30)21-17(13-31-23(21)26-19)18-10-9-15(2)33-18/h4-10,13H,3,11-12,14H2,1-2H3,(H,25,26,30). The number of thiophene rings is 2. The second-order valence-electron chi connectivity index (χ2n) is 7.75. The van der Waals surface area contributed by atoms with Gasteiger partial charge in [0.25, 0.3) is 5.56 Å². The zero-order chi connectivity index (χ0) is 22.8. The number of H-pyrrole nitrogens is 1. The van der Waals surface area contributed by atoms with E-state index in [0.717, 1.165) is 45.6 Å². The van der Waals surface area contributed by atoms with Crippen molar-refractivity contribution in [3.63, 3.8) is 0 Å². The minimum Gasteiger partial charge on any atom is -0.309 e. The maximum Gasteiger partial charge on any atom is 0.260 e. The topological polar surface area (TPSA) is 76.5 Å². The fourth-order valence-electron chi connectivity index (χ4n) is 3.74. The van der Waals surface area contributed by atoms with Crippen LogP contribution in [-0.2, 0) is 18.7 Å². The summed E-state index contributed by atoms with van der Waals surface area (Å²) in [5, 5.41) is 12.4. The van der Waals surface area contributed by atoms with Crippen molar-refractivity contribution in [3.05, 3.63) is 80.3 Å². The molecular formula is C24H23N5OS3. The van der Waals surface area contributed by atoms with E-state index in [2.05, 4.69) is 57.9 Å². The Bertz CT molecular complexity index is 1450. The summed E-state index contributed by atoms with van der Waals surface area (Å²) in [5.41, 5.74) is 2.09. The van der Waals surface area contributed by atoms with Gasteiger partial charge in [-0.25, -0.2) is 4.98 Å². The van der Waals surface area contributed by atoms with Gasteiger partial charge in [-0.3, -0.25) is 4.79 Å². The summed E-state index contributed by atoms with van der Waals surface area (Å²) in [6, 6.07) is 14.5. The Kier molecular flexibility index (Phi) is 6.43. The lowest BCUT2D eigenvalue weighted by molar-refractivity contribution is 0.597. The van der Waals surface area contributed by atoms with Crippen molar-refractivity contribution in [1.82, 2.24) is 24.7 Å². The molecule has 168 valence electrons. The molecule has 5 aromatic rings. The predicted octanol–water partition coefficient (Wildman–Crippen LogP) is 5.91. The largest absolute Gasteiger partial charge is 0.309 e. The van der Waals surface area contributed by atoms with Crippen LogP contribution in [0.1, 0.15) is 35.4 Å². The normalized spacial score (nSPS) is 11.5. The number of benzene rings is 1. The van der Waals surface area contributed by atoms with Gasteiger partial charge in [-0.15, -0.1) is 32.9 Å². The highest BCUT2D eigenvalue weighted by Gasteiger charge is 2.16. The van der Waals surface area contributed by atoms with Crippen LogP contribution < -0.4 is 5.56 Å². The van der Waals surface area contributed by atoms with E-state index >= 15 is 0 Å². The molecule has 0 spiro atoms. The highest BCUT2D eigenvalue weighted by atomic mass is 32.2. The monoisotopic (exact) mass is 493 g/mol. The van der Waals surface area contributed by atoms with E-state index < -0.39 is 0 Å². The van der Waals surface area contributed by atoms with Gasteiger partial charge in [0.15, 0.2) is 5.16 Å². The number of nitrogens with one attached hydrogen (secondary N) is 1. The fraction of sp³-hybridized carbons (Fsp3) is 0.250. The number of thioether (sulfide) groups is 1. The first-order chi connectivity index (χ1) is 16.1. The number of aromatic nitrogens is 5. The zero-order valence-corrected chi connectivity index (χ0v) is 20.8. The molecule has 0 unspecified atom stereocenters. The van der Waals surface area contributed by atoms with Crippen LogP contribution in [0, 0.1) is 6.92 Å². The van der Waals surface area contributed by atoms with Gasteiger partial charge in [-0.05, 0) is 31.0 Å². The first-order valence-corrected chi connectivity index (χ1v) is 13.5. The Morgan fingerprint density at radius 2 is 1.97 bits per heavy atom. The molecule has 0 atom stereocenters. The van der Waals surface area contributed by atoms with Crippen molar-refractivity contribution < 1.29 is 0 Å². The smallest absolute Gasteiger partial charge is 0.260 e. The molecule has 33 heavy (non-hydrogen) atoms. The van der Waals surface area contributed by atoms with Crippen molar-refractivity contribution in [2.45, 2.75) is 44.1 Å². The van der Waals surface area contributed by atoms with Crippen LogP contribution in [0.2, 0.25) is 0 Å². The number of aromatic amines is 1. The van der Waals surface area contributed by atoms with E-state index in [1.165, 1.54) is 21.8 Å². The van der Waals surface area contributed by atoms with Gasteiger partial charge >= 0.3 is 0 Å². The molecule has 0 aliphatic heterocycles. The maximum absolute atomic E-state index is 12.9. The molecule has 4 heterocycles. The van der Waals surface area contributed by atoms with Crippen LogP contribution in [-0.4, -0.2) is 24.7 Å². The summed E-state index contributed by atoms with van der Waals surface area (Å²) >= 11 is 4.77. The SMILES string of the molecule is CCCn1c(Cc2ccccc2)nnc1SCc1nc2scc(-c3ccc(C)s3)c2c(=O)[nH]1. The number of hydrogen-bond donors (Lipinski definition) is 1. The molecule has 0 bridgehead atoms. The van der Waals surface area contributed by atoms with E-state index in [1.807, 2.05) is 23.6 Å². The quantitative estimate of drug-likeness (QED) is 0.272. The van der Waals surface area contributed by atoms with Gasteiger partial charge in [0, 0.05) is 33.7 Å². The van der Waals surface area contributed by atoms with Gasteiger partial charge in [0.2, 0.25) is 0 Å². The minimum absolute atomic E-state index is 0.0855. The Hall–Kier alpha value is -2.75. The highest BCUT2D eigenvalue weighted by molar-refractivity contribution is 7.98. The van der Waals surface area contributed by atoms with Crippen molar-refractivity contribution in [2.75, 3.05) is 0 Å². The van der Waals surface area contributed by atoms with E-state index in [9.17, 15) is 4.79 Å². The zero-order valence-electron chi connectivity index (χ0n) is 18.4. The molecule has 0 saturated heterocycles. The van der Waals surface area contributed by atoms with E-state index in [1.54, 1.807) is 23.1 Å². The van der Waals surface area contributed by atoms with Gasteiger partial charge in [0.1, 0.15) is 16.5 Å². The molecular weight excluding hydrogens is 470 g/mol. The first kappa shape index (κ1) is 22.1. The highest BCUT2D eigenvalue weighted by Crippen LogP contribution is 2.35. The first-order valence-electron chi connectivity index (χ1n) is 10.8. The van der Waals surface area contributed by atoms with Crippen molar-refractivity contribution >= 4 is 44.7 Å². The lowest BCUT2D eigenvalue weighted by atomic mass is 10.1. The van der Waals surface area contributed by atoms with Gasteiger partial charge in [-0.1, -0.05) is 49.0 Å². The van der Waals surface area contributed by atoms with Gasteiger partial charge < -0.3 is 9.55 Å². The third-order valence-corrected chi connectivity index (χ3v) is 8.17. The number of hydrogen-bond acceptors (Lipinski definition) is 7. The average molecular weight is 494 g/mol. The number of aryl methyl sites for hydroxylation is 1. The molecule has 1 N–H and O–H groups in total. The van der Waals surface area contributed by atoms with Gasteiger partial charge in [-0.2, -0.15) is 0 Å². The summed E-state index contributed by atoms with van der Waals surface area (Å²) < 4.78 is 2.18. The van der Waals surface area contributed by atoms with E-state index in [-0.39, 0.29) is 5.56 Å². The summed E-state index contributed by atoms with van der Waals surface area (Å²) in [6.07, 6.45) is 1.74. The second-order valence-corrected chi connectivity index (χ2v) is 10.8. The molecule has 0 fully saturated rings. The predicted molar refractivity (Wildman–Crippen MR) is 137 cm³/mol. The number of rotatable bonds is 8. The van der Waals surface area contributed by atoms with Crippen LogP contribution in [0.15, 0.2) is 57.8 Å². The third-order valence-electron chi connectivity index (χ3n) is 5.28. The van der Waals surface area contributed by atoms with Crippen molar-refractivity contribution in [2.24, 2.45) is 0 Å². The molecule has 4 aromatic heterocycles. The number of nitrogens with zero attached hydrogens (tertiary/aromatic N) is 4.